The van der Waals surface area contributed by atoms with Crippen LogP contribution in [0.4, 0.5) is 0 Å². The minimum atomic E-state index is -0.303. The van der Waals surface area contributed by atoms with Gasteiger partial charge in [-0.15, -0.1) is 0 Å². The summed E-state index contributed by atoms with van der Waals surface area (Å²) < 4.78 is 4.96. The Labute approximate surface area is 116 Å². The predicted octanol–water partition coefficient (Wildman–Crippen LogP) is 0.763. The number of aliphatic hydroxyl groups is 1. The SMILES string of the molecule is COCCCNC(=O)C(C)N1CCCC1CC(C)O. The van der Waals surface area contributed by atoms with Gasteiger partial charge in [-0.3, -0.25) is 9.69 Å². The monoisotopic (exact) mass is 272 g/mol. The Hall–Kier alpha value is -0.650. The van der Waals surface area contributed by atoms with Crippen molar-refractivity contribution in [3.8, 4) is 0 Å². The van der Waals surface area contributed by atoms with Gasteiger partial charge in [0.25, 0.3) is 0 Å². The Kier molecular flexibility index (Phi) is 7.34. The summed E-state index contributed by atoms with van der Waals surface area (Å²) in [4.78, 5) is 14.3. The van der Waals surface area contributed by atoms with Crippen LogP contribution >= 0.6 is 0 Å². The molecule has 0 saturated carbocycles. The highest BCUT2D eigenvalue weighted by Gasteiger charge is 2.32. The van der Waals surface area contributed by atoms with Gasteiger partial charge in [0.2, 0.25) is 5.91 Å². The molecule has 1 aliphatic rings. The zero-order valence-corrected chi connectivity index (χ0v) is 12.4. The lowest BCUT2D eigenvalue weighted by molar-refractivity contribution is -0.126. The molecule has 1 rings (SSSR count). The summed E-state index contributed by atoms with van der Waals surface area (Å²) in [6.45, 7) is 6.04. The minimum Gasteiger partial charge on any atom is -0.393 e. The molecule has 0 bridgehead atoms. The molecule has 1 amide bonds. The summed E-state index contributed by atoms with van der Waals surface area (Å²) in [5.41, 5.74) is 0. The van der Waals surface area contributed by atoms with E-state index in [0.717, 1.165) is 32.2 Å². The summed E-state index contributed by atoms with van der Waals surface area (Å²) in [6.07, 6.45) is 3.47. The first-order chi connectivity index (χ1) is 9.06. The fourth-order valence-electron chi connectivity index (χ4n) is 2.74. The normalized spacial score (nSPS) is 23.3. The average Bonchev–Trinajstić information content (AvgIpc) is 2.80. The number of nitrogens with zero attached hydrogens (tertiary/aromatic N) is 1. The maximum Gasteiger partial charge on any atom is 0.237 e. The molecule has 0 aromatic carbocycles. The Bertz CT molecular complexity index is 271. The van der Waals surface area contributed by atoms with E-state index in [4.69, 9.17) is 4.74 Å². The van der Waals surface area contributed by atoms with Gasteiger partial charge < -0.3 is 15.2 Å². The van der Waals surface area contributed by atoms with Crippen molar-refractivity contribution >= 4 is 5.91 Å². The molecule has 2 N–H and O–H groups in total. The molecule has 0 spiro atoms. The molecule has 1 aliphatic heterocycles. The highest BCUT2D eigenvalue weighted by Crippen LogP contribution is 2.23. The molecule has 0 aliphatic carbocycles. The Morgan fingerprint density at radius 3 is 2.89 bits per heavy atom. The first kappa shape index (κ1) is 16.4. The van der Waals surface area contributed by atoms with E-state index >= 15 is 0 Å². The molecule has 0 radical (unpaired) electrons. The molecule has 5 nitrogen and oxygen atoms in total. The topological polar surface area (TPSA) is 61.8 Å². The van der Waals surface area contributed by atoms with Crippen LogP contribution in [0, 0.1) is 0 Å². The lowest BCUT2D eigenvalue weighted by Gasteiger charge is -2.30. The van der Waals surface area contributed by atoms with Gasteiger partial charge in [0.15, 0.2) is 0 Å². The molecule has 1 heterocycles. The van der Waals surface area contributed by atoms with Crippen LogP contribution in [0.3, 0.4) is 0 Å². The van der Waals surface area contributed by atoms with Crippen molar-refractivity contribution in [2.75, 3.05) is 26.8 Å². The predicted molar refractivity (Wildman–Crippen MR) is 75.0 cm³/mol. The van der Waals surface area contributed by atoms with Gasteiger partial charge in [0, 0.05) is 26.3 Å². The third-order valence-electron chi connectivity index (χ3n) is 3.74. The zero-order chi connectivity index (χ0) is 14.3. The number of nitrogens with one attached hydrogen (secondary N) is 1. The van der Waals surface area contributed by atoms with Crippen molar-refractivity contribution in [3.63, 3.8) is 0 Å². The minimum absolute atomic E-state index is 0.0774. The number of rotatable bonds is 8. The maximum absolute atomic E-state index is 12.1. The Balaban J connectivity index is 2.37. The molecule has 3 unspecified atom stereocenters. The lowest BCUT2D eigenvalue weighted by atomic mass is 10.1. The number of likely N-dealkylation sites (tertiary alicyclic amines) is 1. The van der Waals surface area contributed by atoms with Crippen LogP contribution in [0.2, 0.25) is 0 Å². The van der Waals surface area contributed by atoms with Crippen LogP contribution in [0.5, 0.6) is 0 Å². The van der Waals surface area contributed by atoms with Gasteiger partial charge in [-0.25, -0.2) is 0 Å². The summed E-state index contributed by atoms with van der Waals surface area (Å²) in [5, 5.41) is 12.5. The van der Waals surface area contributed by atoms with Crippen LogP contribution in [0.15, 0.2) is 0 Å². The molecule has 0 aromatic rings. The molecular formula is C14H28N2O3. The second-order valence-corrected chi connectivity index (χ2v) is 5.43. The lowest BCUT2D eigenvalue weighted by Crippen LogP contribution is -2.48. The fraction of sp³-hybridized carbons (Fsp3) is 0.929. The average molecular weight is 272 g/mol. The molecule has 1 fully saturated rings. The smallest absolute Gasteiger partial charge is 0.237 e. The molecule has 3 atom stereocenters. The van der Waals surface area contributed by atoms with Crippen LogP contribution in [0.25, 0.3) is 0 Å². The van der Waals surface area contributed by atoms with E-state index in [1.807, 2.05) is 13.8 Å². The van der Waals surface area contributed by atoms with Gasteiger partial charge in [0.1, 0.15) is 0 Å². The largest absolute Gasteiger partial charge is 0.393 e. The molecule has 19 heavy (non-hydrogen) atoms. The summed E-state index contributed by atoms with van der Waals surface area (Å²) in [6, 6.07) is 0.216. The third-order valence-corrected chi connectivity index (χ3v) is 3.74. The standard InChI is InChI=1S/C14H28N2O3/c1-11(17)10-13-6-4-8-16(13)12(2)14(18)15-7-5-9-19-3/h11-13,17H,4-10H2,1-3H3,(H,15,18). The Morgan fingerprint density at radius 2 is 2.26 bits per heavy atom. The van der Waals surface area contributed by atoms with Crippen molar-refractivity contribution in [2.45, 2.75) is 57.7 Å². The number of ether oxygens (including phenoxy) is 1. The first-order valence-electron chi connectivity index (χ1n) is 7.26. The quantitative estimate of drug-likeness (QED) is 0.641. The number of hydrogen-bond acceptors (Lipinski definition) is 4. The van der Waals surface area contributed by atoms with Gasteiger partial charge in [0.05, 0.1) is 12.1 Å². The first-order valence-corrected chi connectivity index (χ1v) is 7.26. The van der Waals surface area contributed by atoms with E-state index in [2.05, 4.69) is 10.2 Å². The number of carbonyl (C=O) groups excluding carboxylic acids is 1. The van der Waals surface area contributed by atoms with Crippen molar-refractivity contribution < 1.29 is 14.6 Å². The van der Waals surface area contributed by atoms with Gasteiger partial charge in [-0.2, -0.15) is 0 Å². The second kappa shape index (κ2) is 8.51. The highest BCUT2D eigenvalue weighted by molar-refractivity contribution is 5.81. The van der Waals surface area contributed by atoms with E-state index in [1.54, 1.807) is 7.11 Å². The van der Waals surface area contributed by atoms with E-state index < -0.39 is 0 Å². The van der Waals surface area contributed by atoms with E-state index in [1.165, 1.54) is 0 Å². The molecule has 1 saturated heterocycles. The molecular weight excluding hydrogens is 244 g/mol. The van der Waals surface area contributed by atoms with E-state index in [0.29, 0.717) is 19.2 Å². The summed E-state index contributed by atoms with van der Waals surface area (Å²) >= 11 is 0. The number of aliphatic hydroxyl groups excluding tert-OH is 1. The van der Waals surface area contributed by atoms with Crippen LogP contribution in [-0.4, -0.2) is 60.9 Å². The van der Waals surface area contributed by atoms with Crippen molar-refractivity contribution in [2.24, 2.45) is 0 Å². The van der Waals surface area contributed by atoms with Crippen LogP contribution < -0.4 is 5.32 Å². The number of hydrogen-bond donors (Lipinski definition) is 2. The summed E-state index contributed by atoms with van der Waals surface area (Å²) in [5.74, 6) is 0.0774. The third kappa shape index (κ3) is 5.47. The van der Waals surface area contributed by atoms with E-state index in [9.17, 15) is 9.90 Å². The molecule has 5 heteroatoms. The van der Waals surface area contributed by atoms with Crippen LogP contribution in [0.1, 0.15) is 39.5 Å². The maximum atomic E-state index is 12.1. The second-order valence-electron chi connectivity index (χ2n) is 5.43. The number of amides is 1. The summed E-state index contributed by atoms with van der Waals surface area (Å²) in [7, 11) is 1.66. The van der Waals surface area contributed by atoms with Gasteiger partial charge in [-0.1, -0.05) is 0 Å². The van der Waals surface area contributed by atoms with Crippen molar-refractivity contribution in [1.82, 2.24) is 10.2 Å². The molecule has 112 valence electrons. The van der Waals surface area contributed by atoms with E-state index in [-0.39, 0.29) is 18.1 Å². The zero-order valence-electron chi connectivity index (χ0n) is 12.4. The van der Waals surface area contributed by atoms with Crippen molar-refractivity contribution in [3.05, 3.63) is 0 Å². The fourth-order valence-corrected chi connectivity index (χ4v) is 2.74. The molecule has 0 aromatic heterocycles. The van der Waals surface area contributed by atoms with Crippen molar-refractivity contribution in [1.29, 1.82) is 0 Å². The Morgan fingerprint density at radius 1 is 1.53 bits per heavy atom. The van der Waals surface area contributed by atoms with Gasteiger partial charge in [-0.05, 0) is 46.1 Å². The number of carbonyl (C=O) groups is 1. The highest BCUT2D eigenvalue weighted by atomic mass is 16.5. The number of methoxy groups -OCH3 is 1. The van der Waals surface area contributed by atoms with Gasteiger partial charge >= 0.3 is 0 Å². The van der Waals surface area contributed by atoms with Crippen LogP contribution in [-0.2, 0) is 9.53 Å².